The number of hydrogen-bond donors (Lipinski definition) is 0. The van der Waals surface area contributed by atoms with Gasteiger partial charge in [-0.1, -0.05) is 18.2 Å². The Kier molecular flexibility index (Phi) is 11.8. The van der Waals surface area contributed by atoms with Crippen molar-refractivity contribution in [2.75, 3.05) is 13.2 Å². The molecule has 0 saturated carbocycles. The van der Waals surface area contributed by atoms with Crippen LogP contribution in [0.5, 0.6) is 0 Å². The van der Waals surface area contributed by atoms with Crippen LogP contribution in [0.3, 0.4) is 0 Å². The van der Waals surface area contributed by atoms with Crippen molar-refractivity contribution in [2.45, 2.75) is 72.1 Å². The van der Waals surface area contributed by atoms with Gasteiger partial charge in [-0.25, -0.2) is 17.6 Å². The zero-order chi connectivity index (χ0) is 37.7. The smallest absolute Gasteiger partial charge is 0.324 e. The van der Waals surface area contributed by atoms with E-state index in [1.807, 2.05) is 0 Å². The van der Waals surface area contributed by atoms with E-state index in [9.17, 15) is 105 Å². The van der Waals surface area contributed by atoms with Crippen molar-refractivity contribution in [3.05, 3.63) is 30.3 Å². The van der Waals surface area contributed by atoms with E-state index in [1.165, 1.54) is 0 Å². The predicted octanol–water partition coefficient (Wildman–Crippen LogP) is 9.54. The zero-order valence-electron chi connectivity index (χ0n) is 21.3. The highest BCUT2D eigenvalue weighted by Crippen LogP contribution is 2.60. The van der Waals surface area contributed by atoms with Crippen molar-refractivity contribution in [3.63, 3.8) is 0 Å². The SMILES string of the molecule is FC(F)C(F)(F)C(F)(F)C(F)(F)C(F)(F)C(F)(F)COP(OCC(F)(F)C(F)(F)C(F)(F)C(F)(F)C(F)(F)C(F)F)c1ccccc1. The first-order valence-corrected chi connectivity index (χ1v) is 12.2. The molecule has 0 spiro atoms. The summed E-state index contributed by atoms with van der Waals surface area (Å²) in [5, 5.41) is -1.12. The molecule has 2 nitrogen and oxygen atoms in total. The van der Waals surface area contributed by atoms with Crippen molar-refractivity contribution in [1.29, 1.82) is 0 Å². The summed E-state index contributed by atoms with van der Waals surface area (Å²) in [7, 11) is -4.30. The lowest BCUT2D eigenvalue weighted by atomic mass is 9.95. The molecule has 0 saturated heterocycles. The lowest BCUT2D eigenvalue weighted by Crippen LogP contribution is -2.69. The Morgan fingerprint density at radius 2 is 0.702 bits per heavy atom. The molecule has 0 fully saturated rings. The summed E-state index contributed by atoms with van der Waals surface area (Å²) >= 11 is 0. The lowest BCUT2D eigenvalue weighted by Gasteiger charge is -2.39. The minimum Gasteiger partial charge on any atom is -0.324 e. The molecule has 47 heavy (non-hydrogen) atoms. The molecule has 0 radical (unpaired) electrons. The topological polar surface area (TPSA) is 18.5 Å². The summed E-state index contributed by atoms with van der Waals surface area (Å²) in [6.07, 6.45) is -11.8. The fourth-order valence-corrected chi connectivity index (χ4v) is 4.09. The molecule has 1 aromatic rings. The second-order valence-electron chi connectivity index (χ2n) is 8.84. The van der Waals surface area contributed by atoms with Crippen molar-refractivity contribution >= 4 is 13.7 Å². The van der Waals surface area contributed by atoms with Crippen LogP contribution in [0.15, 0.2) is 30.3 Å². The second kappa shape index (κ2) is 13.0. The third-order valence-corrected chi connectivity index (χ3v) is 7.02. The quantitative estimate of drug-likeness (QED) is 0.116. The minimum absolute atomic E-state index is 0.413. The Bertz CT molecular complexity index is 1110. The largest absolute Gasteiger partial charge is 0.384 e. The molecule has 0 aliphatic heterocycles. The third-order valence-electron chi connectivity index (χ3n) is 5.57. The summed E-state index contributed by atoms with van der Waals surface area (Å²) in [4.78, 5) is 0. The Labute approximate surface area is 244 Å². The van der Waals surface area contributed by atoms with Crippen molar-refractivity contribution in [2.24, 2.45) is 0 Å². The maximum absolute atomic E-state index is 14.1. The maximum atomic E-state index is 14.1. The Hall–Kier alpha value is -2.11. The van der Waals surface area contributed by atoms with Crippen LogP contribution in [0.2, 0.25) is 0 Å². The fraction of sp³-hybridized carbons (Fsp3) is 0.700. The van der Waals surface area contributed by atoms with Gasteiger partial charge in [0, 0.05) is 5.30 Å². The fourth-order valence-electron chi connectivity index (χ4n) is 2.74. The standard InChI is InChI=1S/C20H11F24O2P/c21-9(22)13(29,30)17(37,38)19(41,42)15(33,34)11(25,26)6-45-47(8-4-2-1-3-5-8)46-7-12(27,28)16(35,36)20(43,44)18(39,40)14(31,32)10(23)24/h1-5,9-10H,6-7H2. The summed E-state index contributed by atoms with van der Waals surface area (Å²) in [6.45, 7) is -7.16. The zero-order valence-corrected chi connectivity index (χ0v) is 22.2. The van der Waals surface area contributed by atoms with Crippen LogP contribution in [-0.4, -0.2) is 85.3 Å². The van der Waals surface area contributed by atoms with E-state index in [0.29, 0.717) is 24.3 Å². The Morgan fingerprint density at radius 3 is 0.957 bits per heavy atom. The molecule has 1 aromatic carbocycles. The molecule has 0 aliphatic carbocycles. The van der Waals surface area contributed by atoms with Gasteiger partial charge >= 0.3 is 72.1 Å². The van der Waals surface area contributed by atoms with Gasteiger partial charge in [-0.15, -0.1) is 0 Å². The minimum atomic E-state index is -8.12. The van der Waals surface area contributed by atoms with E-state index in [-0.39, 0.29) is 0 Å². The highest BCUT2D eigenvalue weighted by molar-refractivity contribution is 7.56. The monoisotopic (exact) mass is 770 g/mol. The molecule has 0 amide bonds. The molecule has 0 aliphatic rings. The van der Waals surface area contributed by atoms with Crippen LogP contribution in [-0.2, 0) is 9.05 Å². The molecule has 1 rings (SSSR count). The predicted molar refractivity (Wildman–Crippen MR) is 106 cm³/mol. The lowest BCUT2D eigenvalue weighted by molar-refractivity contribution is -0.414. The van der Waals surface area contributed by atoms with Crippen LogP contribution in [0.4, 0.5) is 105 Å². The van der Waals surface area contributed by atoms with E-state index in [1.54, 1.807) is 0 Å². The number of alkyl halides is 24. The molecule has 0 atom stereocenters. The van der Waals surface area contributed by atoms with Gasteiger partial charge in [-0.3, -0.25) is 0 Å². The van der Waals surface area contributed by atoms with Gasteiger partial charge in [-0.2, -0.15) is 87.8 Å². The molecular formula is C20H11F24O2P. The van der Waals surface area contributed by atoms with E-state index in [0.717, 1.165) is 6.07 Å². The van der Waals surface area contributed by atoms with Crippen LogP contribution < -0.4 is 5.30 Å². The molecule has 276 valence electrons. The van der Waals surface area contributed by atoms with E-state index in [4.69, 9.17) is 0 Å². The van der Waals surface area contributed by atoms with E-state index < -0.39 is 99.0 Å². The molecule has 27 heteroatoms. The molecule has 0 N–H and O–H groups in total. The van der Waals surface area contributed by atoms with Gasteiger partial charge in [0.1, 0.15) is 13.2 Å². The number of benzene rings is 1. The van der Waals surface area contributed by atoms with Gasteiger partial charge in [0.2, 0.25) is 8.38 Å². The van der Waals surface area contributed by atoms with Crippen LogP contribution in [0, 0.1) is 0 Å². The summed E-state index contributed by atoms with van der Waals surface area (Å²) in [6, 6.07) is 3.13. The number of rotatable bonds is 17. The molecule has 0 heterocycles. The normalized spacial score (nSPS) is 15.7. The number of halogens is 24. The average molecular weight is 770 g/mol. The summed E-state index contributed by atoms with van der Waals surface area (Å²) in [5.41, 5.74) is 0. The first-order valence-electron chi connectivity index (χ1n) is 11.0. The molecule has 0 aromatic heterocycles. The van der Waals surface area contributed by atoms with Gasteiger partial charge in [0.05, 0.1) is 0 Å². The van der Waals surface area contributed by atoms with Crippen molar-refractivity contribution < 1.29 is 114 Å². The van der Waals surface area contributed by atoms with Gasteiger partial charge in [-0.05, 0) is 12.1 Å². The van der Waals surface area contributed by atoms with Crippen molar-refractivity contribution in [1.82, 2.24) is 0 Å². The number of hydrogen-bond acceptors (Lipinski definition) is 2. The van der Waals surface area contributed by atoms with Gasteiger partial charge < -0.3 is 9.05 Å². The molecule has 0 unspecified atom stereocenters. The van der Waals surface area contributed by atoms with Crippen molar-refractivity contribution in [3.8, 4) is 0 Å². The molecular weight excluding hydrogens is 759 g/mol. The van der Waals surface area contributed by atoms with Crippen LogP contribution in [0.25, 0.3) is 0 Å². The van der Waals surface area contributed by atoms with Crippen LogP contribution in [0.1, 0.15) is 0 Å². The van der Waals surface area contributed by atoms with Gasteiger partial charge in [0.15, 0.2) is 0 Å². The summed E-state index contributed by atoms with van der Waals surface area (Å²) in [5.74, 6) is -76.7. The molecule has 0 bridgehead atoms. The van der Waals surface area contributed by atoms with E-state index in [2.05, 4.69) is 9.05 Å². The van der Waals surface area contributed by atoms with E-state index >= 15 is 0 Å². The van der Waals surface area contributed by atoms with Gasteiger partial charge in [0.25, 0.3) is 0 Å². The van der Waals surface area contributed by atoms with Crippen LogP contribution >= 0.6 is 8.38 Å². The average Bonchev–Trinajstić information content (AvgIpc) is 2.92. The first-order chi connectivity index (χ1) is 20.6. The Morgan fingerprint density at radius 1 is 0.426 bits per heavy atom. The highest BCUT2D eigenvalue weighted by atomic mass is 31.2. The Balaban J connectivity index is 3.47. The third kappa shape index (κ3) is 6.87. The first kappa shape index (κ1) is 42.9. The summed E-state index contributed by atoms with van der Waals surface area (Å²) < 4.78 is 328. The highest BCUT2D eigenvalue weighted by Gasteiger charge is 2.89. The second-order valence-corrected chi connectivity index (χ2v) is 10.4. The maximum Gasteiger partial charge on any atom is 0.384 e.